The van der Waals surface area contributed by atoms with E-state index in [1.54, 1.807) is 6.33 Å². The van der Waals surface area contributed by atoms with Gasteiger partial charge in [0.25, 0.3) is 0 Å². The topological polar surface area (TPSA) is 86.8 Å². The number of nitrogens with one attached hydrogen (secondary N) is 2. The summed E-state index contributed by atoms with van der Waals surface area (Å²) in [5.74, 6) is 0.841. The number of amides is 1. The van der Waals surface area contributed by atoms with Crippen molar-refractivity contribution in [1.82, 2.24) is 24.8 Å². The van der Waals surface area contributed by atoms with Gasteiger partial charge >= 0.3 is 0 Å². The van der Waals surface area contributed by atoms with Crippen molar-refractivity contribution in [3.63, 3.8) is 0 Å². The fraction of sp³-hybridized carbons (Fsp3) is 0.250. The maximum Gasteiger partial charge on any atom is 0.225 e. The summed E-state index contributed by atoms with van der Waals surface area (Å²) in [6.07, 6.45) is 3.53. The van der Waals surface area contributed by atoms with E-state index in [2.05, 4.69) is 25.3 Å². The highest BCUT2D eigenvalue weighted by Gasteiger charge is 2.30. The molecule has 2 aromatic heterocycles. The minimum Gasteiger partial charge on any atom is -0.363 e. The second kappa shape index (κ2) is 5.68. The van der Waals surface area contributed by atoms with Gasteiger partial charge in [-0.25, -0.2) is 15.0 Å². The molecule has 7 nitrogen and oxygen atoms in total. The lowest BCUT2D eigenvalue weighted by atomic mass is 10.2. The van der Waals surface area contributed by atoms with Crippen LogP contribution < -0.4 is 5.32 Å². The molecule has 1 saturated heterocycles. The highest BCUT2D eigenvalue weighted by atomic mass is 16.2. The minimum atomic E-state index is 0.0348. The molecule has 3 aromatic rings. The van der Waals surface area contributed by atoms with Crippen molar-refractivity contribution in [3.05, 3.63) is 48.5 Å². The molecule has 1 aliphatic heterocycles. The third kappa shape index (κ3) is 2.73. The fourth-order valence-corrected chi connectivity index (χ4v) is 2.89. The van der Waals surface area contributed by atoms with Crippen molar-refractivity contribution in [2.45, 2.75) is 19.0 Å². The number of carbonyl (C=O) groups excluding carboxylic acids is 1. The lowest BCUT2D eigenvalue weighted by Crippen LogP contribution is -2.27. The summed E-state index contributed by atoms with van der Waals surface area (Å²) >= 11 is 0. The Labute approximate surface area is 132 Å². The Hall–Kier alpha value is -2.96. The van der Waals surface area contributed by atoms with Crippen LogP contribution in [0.4, 0.5) is 5.82 Å². The van der Waals surface area contributed by atoms with Crippen molar-refractivity contribution in [2.24, 2.45) is 0 Å². The molecule has 1 atom stereocenters. The predicted molar refractivity (Wildman–Crippen MR) is 85.6 cm³/mol. The van der Waals surface area contributed by atoms with Gasteiger partial charge in [-0.3, -0.25) is 4.79 Å². The molecule has 2 N–H and O–H groups in total. The summed E-state index contributed by atoms with van der Waals surface area (Å²) < 4.78 is 0. The van der Waals surface area contributed by atoms with Crippen LogP contribution in [-0.2, 0) is 11.3 Å². The zero-order chi connectivity index (χ0) is 15.6. The van der Waals surface area contributed by atoms with Gasteiger partial charge in [-0.2, -0.15) is 0 Å². The highest BCUT2D eigenvalue weighted by Crippen LogP contribution is 2.21. The van der Waals surface area contributed by atoms with E-state index in [9.17, 15) is 4.79 Å². The molecule has 4 rings (SSSR count). The molecule has 0 radical (unpaired) electrons. The summed E-state index contributed by atoms with van der Waals surface area (Å²) in [7, 11) is 0. The van der Waals surface area contributed by atoms with Gasteiger partial charge in [0.2, 0.25) is 5.91 Å². The van der Waals surface area contributed by atoms with E-state index in [0.29, 0.717) is 31.0 Å². The van der Waals surface area contributed by atoms with Crippen molar-refractivity contribution >= 4 is 22.9 Å². The number of hydrogen-bond acceptors (Lipinski definition) is 5. The van der Waals surface area contributed by atoms with Crippen molar-refractivity contribution in [1.29, 1.82) is 0 Å². The second-order valence-corrected chi connectivity index (χ2v) is 5.63. The number of aromatic nitrogens is 4. The van der Waals surface area contributed by atoms with Crippen molar-refractivity contribution in [3.8, 4) is 0 Å². The van der Waals surface area contributed by atoms with Crippen LogP contribution in [-0.4, -0.2) is 43.3 Å². The van der Waals surface area contributed by atoms with Crippen LogP contribution in [0, 0.1) is 0 Å². The Bertz CT molecular complexity index is 831. The van der Waals surface area contributed by atoms with E-state index >= 15 is 0 Å². The van der Waals surface area contributed by atoms with Crippen LogP contribution >= 0.6 is 0 Å². The molecule has 1 fully saturated rings. The summed E-state index contributed by atoms with van der Waals surface area (Å²) in [5.41, 5.74) is 2.52. The average molecular weight is 308 g/mol. The van der Waals surface area contributed by atoms with Gasteiger partial charge in [-0.05, 0) is 5.56 Å². The van der Waals surface area contributed by atoms with Crippen LogP contribution in [0.2, 0.25) is 0 Å². The molecule has 1 amide bonds. The van der Waals surface area contributed by atoms with Crippen molar-refractivity contribution in [2.75, 3.05) is 11.9 Å². The second-order valence-electron chi connectivity index (χ2n) is 5.63. The molecule has 0 spiro atoms. The van der Waals surface area contributed by atoms with E-state index in [4.69, 9.17) is 0 Å². The molecular formula is C16H16N6O. The number of aromatic amines is 1. The molecule has 0 aliphatic carbocycles. The molecule has 1 aromatic carbocycles. The third-order valence-electron chi connectivity index (χ3n) is 3.99. The molecule has 0 saturated carbocycles. The van der Waals surface area contributed by atoms with Gasteiger partial charge in [-0.1, -0.05) is 30.3 Å². The number of rotatable bonds is 4. The van der Waals surface area contributed by atoms with Crippen LogP contribution in [0.15, 0.2) is 43.0 Å². The monoisotopic (exact) mass is 308 g/mol. The molecule has 7 heteroatoms. The molecule has 0 bridgehead atoms. The van der Waals surface area contributed by atoms with E-state index < -0.39 is 0 Å². The van der Waals surface area contributed by atoms with Gasteiger partial charge in [0.15, 0.2) is 11.5 Å². The maximum atomic E-state index is 12.2. The third-order valence-corrected chi connectivity index (χ3v) is 3.99. The lowest BCUT2D eigenvalue weighted by Gasteiger charge is -2.17. The van der Waals surface area contributed by atoms with Gasteiger partial charge in [0, 0.05) is 19.5 Å². The van der Waals surface area contributed by atoms with Crippen molar-refractivity contribution < 1.29 is 4.79 Å². The van der Waals surface area contributed by atoms with Gasteiger partial charge < -0.3 is 15.2 Å². The quantitative estimate of drug-likeness (QED) is 0.764. The number of likely N-dealkylation sites (tertiary alicyclic amines) is 1. The number of carbonyl (C=O) groups is 1. The van der Waals surface area contributed by atoms with Crippen LogP contribution in [0.3, 0.4) is 0 Å². The summed E-state index contributed by atoms with van der Waals surface area (Å²) in [5, 5.41) is 3.33. The molecule has 0 unspecified atom stereocenters. The Morgan fingerprint density at radius 1 is 1.22 bits per heavy atom. The molecule has 116 valence electrons. The standard InChI is InChI=1S/C16H16N6O/c23-13-6-12(8-22(13)7-11-4-2-1-3-5-11)21-16-14-15(18-9-17-14)19-10-20-16/h1-5,9-10,12H,6-8H2,(H2,17,18,19,20,21)/t12-/m1/s1. The number of anilines is 1. The Kier molecular flexibility index (Phi) is 3.38. The Morgan fingerprint density at radius 2 is 2.09 bits per heavy atom. The SMILES string of the molecule is O=C1C[C@@H](Nc2ncnc3nc[nH]c23)CN1Cc1ccccc1. The number of fused-ring (bicyclic) bond motifs is 1. The summed E-state index contributed by atoms with van der Waals surface area (Å²) in [6, 6.07) is 10.1. The molecular weight excluding hydrogens is 292 g/mol. The molecule has 3 heterocycles. The predicted octanol–water partition coefficient (Wildman–Crippen LogP) is 1.57. The number of benzene rings is 1. The zero-order valence-corrected chi connectivity index (χ0v) is 12.4. The van der Waals surface area contributed by atoms with E-state index in [0.717, 1.165) is 11.1 Å². The minimum absolute atomic E-state index is 0.0348. The lowest BCUT2D eigenvalue weighted by molar-refractivity contribution is -0.128. The number of hydrogen-bond donors (Lipinski definition) is 2. The smallest absolute Gasteiger partial charge is 0.225 e. The first-order valence-corrected chi connectivity index (χ1v) is 7.52. The van der Waals surface area contributed by atoms with E-state index in [1.165, 1.54) is 6.33 Å². The van der Waals surface area contributed by atoms with Crippen LogP contribution in [0.25, 0.3) is 11.2 Å². The fourth-order valence-electron chi connectivity index (χ4n) is 2.89. The van der Waals surface area contributed by atoms with Crippen LogP contribution in [0.1, 0.15) is 12.0 Å². The van der Waals surface area contributed by atoms with E-state index in [1.807, 2.05) is 35.2 Å². The normalized spacial score (nSPS) is 17.8. The first-order valence-electron chi connectivity index (χ1n) is 7.52. The number of imidazole rings is 1. The molecule has 23 heavy (non-hydrogen) atoms. The number of H-pyrrole nitrogens is 1. The van der Waals surface area contributed by atoms with E-state index in [-0.39, 0.29) is 11.9 Å². The van der Waals surface area contributed by atoms with Gasteiger partial charge in [-0.15, -0.1) is 0 Å². The largest absolute Gasteiger partial charge is 0.363 e. The van der Waals surface area contributed by atoms with Crippen LogP contribution in [0.5, 0.6) is 0 Å². The highest BCUT2D eigenvalue weighted by molar-refractivity contribution is 5.84. The summed E-state index contributed by atoms with van der Waals surface area (Å²) in [4.78, 5) is 29.6. The maximum absolute atomic E-state index is 12.2. The van der Waals surface area contributed by atoms with Gasteiger partial charge in [0.05, 0.1) is 12.4 Å². The Balaban J connectivity index is 1.47. The molecule has 1 aliphatic rings. The summed E-state index contributed by atoms with van der Waals surface area (Å²) in [6.45, 7) is 1.30. The first-order chi connectivity index (χ1) is 11.3. The average Bonchev–Trinajstić information content (AvgIpc) is 3.16. The Morgan fingerprint density at radius 3 is 2.96 bits per heavy atom. The first kappa shape index (κ1) is 13.7. The number of nitrogens with zero attached hydrogens (tertiary/aromatic N) is 4. The zero-order valence-electron chi connectivity index (χ0n) is 12.4. The van der Waals surface area contributed by atoms with Gasteiger partial charge in [0.1, 0.15) is 11.8 Å².